The normalized spacial score (nSPS) is 32.2. The molecule has 7 rings (SSSR count). The molecule has 0 bridgehead atoms. The van der Waals surface area contributed by atoms with Crippen molar-refractivity contribution in [2.45, 2.75) is 92.1 Å². The number of esters is 1. The summed E-state index contributed by atoms with van der Waals surface area (Å²) in [4.78, 5) is 27.7. The van der Waals surface area contributed by atoms with Crippen molar-refractivity contribution in [1.29, 1.82) is 0 Å². The highest BCUT2D eigenvalue weighted by atomic mass is 16.7. The molecule has 24 heteroatoms. The molecule has 364 valence electrons. The van der Waals surface area contributed by atoms with Crippen LogP contribution in [0.15, 0.2) is 69.9 Å². The highest BCUT2D eigenvalue weighted by molar-refractivity contribution is 5.89. The van der Waals surface area contributed by atoms with Crippen LogP contribution in [0.3, 0.4) is 0 Å². The molecule has 0 spiro atoms. The Morgan fingerprint density at radius 1 is 0.627 bits per heavy atom. The number of ether oxygens (including phenoxy) is 8. The van der Waals surface area contributed by atoms with Gasteiger partial charge in [0, 0.05) is 23.8 Å². The summed E-state index contributed by atoms with van der Waals surface area (Å²) in [5.41, 5.74) is -1.19. The zero-order valence-corrected chi connectivity index (χ0v) is 34.9. The predicted octanol–water partition coefficient (Wildman–Crippen LogP) is -3.32. The molecular weight excluding hydrogens is 900 g/mol. The van der Waals surface area contributed by atoms with Crippen molar-refractivity contribution in [1.82, 2.24) is 0 Å². The third-order valence-corrected chi connectivity index (χ3v) is 11.2. The monoisotopic (exact) mass is 948 g/mol. The number of hydrogen-bond acceptors (Lipinski definition) is 24. The average Bonchev–Trinajstić information content (AvgIpc) is 3.32. The summed E-state index contributed by atoms with van der Waals surface area (Å²) in [5.74, 6) is -3.64. The predicted molar refractivity (Wildman–Crippen MR) is 220 cm³/mol. The van der Waals surface area contributed by atoms with E-state index in [1.54, 1.807) is 0 Å². The van der Waals surface area contributed by atoms with Crippen molar-refractivity contribution in [2.75, 3.05) is 26.9 Å². The number of phenolic OH excluding ortho intramolecular Hbond substituents is 2. The Kier molecular flexibility index (Phi) is 15.2. The number of aromatic hydroxyl groups is 2. The first-order chi connectivity index (χ1) is 32.0. The second-order valence-corrected chi connectivity index (χ2v) is 15.6. The maximum atomic E-state index is 14.5. The number of aliphatic hydroxyl groups is 11. The van der Waals surface area contributed by atoms with E-state index in [9.17, 15) is 76.0 Å². The number of rotatable bonds is 14. The van der Waals surface area contributed by atoms with Gasteiger partial charge in [0.15, 0.2) is 23.4 Å². The SMILES string of the molecule is COc1cc(/C=C/C(=O)O[C@@H]2C(O)[C@H](O)C(CO)O[C@H]2Oc2c(-c3ccc(O[C@@H]4OC(CO)[C@@H](O)C(O)[C@H]4O)cc3)oc3cc(O[C@@H]4O[C@@H](CO)[C@@H](O)C(O)C4O)cc(O)c3c2=O)ccc1O. The summed E-state index contributed by atoms with van der Waals surface area (Å²) in [5, 5.41) is 134. The second kappa shape index (κ2) is 20.7. The van der Waals surface area contributed by atoms with Crippen LogP contribution in [-0.4, -0.2) is 191 Å². The van der Waals surface area contributed by atoms with Crippen LogP contribution in [-0.2, 0) is 23.7 Å². The molecule has 3 saturated heterocycles. The van der Waals surface area contributed by atoms with Gasteiger partial charge in [-0.3, -0.25) is 4.79 Å². The maximum Gasteiger partial charge on any atom is 0.331 e. The fourth-order valence-corrected chi connectivity index (χ4v) is 7.43. The van der Waals surface area contributed by atoms with E-state index < -0.39 is 152 Å². The van der Waals surface area contributed by atoms with Gasteiger partial charge in [0.1, 0.15) is 95.4 Å². The minimum absolute atomic E-state index is 0.00852. The van der Waals surface area contributed by atoms with Crippen molar-refractivity contribution in [3.05, 3.63) is 76.5 Å². The summed E-state index contributed by atoms with van der Waals surface area (Å²) in [6, 6.07) is 11.3. The van der Waals surface area contributed by atoms with Gasteiger partial charge in [-0.05, 0) is 48.0 Å². The van der Waals surface area contributed by atoms with Crippen molar-refractivity contribution >= 4 is 23.0 Å². The minimum Gasteiger partial charge on any atom is -0.507 e. The molecule has 15 atom stereocenters. The Labute approximate surface area is 377 Å². The van der Waals surface area contributed by atoms with E-state index in [1.165, 1.54) is 55.7 Å². The molecule has 67 heavy (non-hydrogen) atoms. The lowest BCUT2D eigenvalue weighted by molar-refractivity contribution is -0.281. The van der Waals surface area contributed by atoms with Crippen LogP contribution < -0.4 is 24.4 Å². The number of benzene rings is 3. The Bertz CT molecular complexity index is 2440. The lowest BCUT2D eigenvalue weighted by atomic mass is 9.99. The number of hydrogen-bond donors (Lipinski definition) is 13. The largest absolute Gasteiger partial charge is 0.507 e. The standard InChI is InChI=1S/C43H48O24/c1-59-22-10-16(2-8-20(22)47)3-9-27(49)66-40-35(56)31(52)26(15-46)65-43(40)67-39-32(53)28-21(48)11-19(61-42-37(58)34(55)30(51)25(14-45)64-42)12-23(28)62-38(39)17-4-6-18(7-5-17)60-41-36(57)33(54)29(50)24(13-44)63-41/h2-12,24-26,29-31,33-37,40-48,50-52,54-58H,13-15H2,1H3/b9-3+/t24?,25-,26?,29+,30+,31+,33?,34?,35?,36+,37?,40+,41+,42+,43-/m0/s1. The quantitative estimate of drug-likeness (QED) is 0.0434. The van der Waals surface area contributed by atoms with Gasteiger partial charge in [0.25, 0.3) is 0 Å². The van der Waals surface area contributed by atoms with Gasteiger partial charge in [-0.25, -0.2) is 4.79 Å². The van der Waals surface area contributed by atoms with E-state index in [0.717, 1.165) is 18.2 Å². The number of aliphatic hydroxyl groups excluding tert-OH is 11. The average molecular weight is 949 g/mol. The summed E-state index contributed by atoms with van der Waals surface area (Å²) >= 11 is 0. The molecule has 3 aliphatic rings. The fraction of sp³-hybridized carbons (Fsp3) is 0.442. The zero-order chi connectivity index (χ0) is 48.4. The Hall–Kier alpha value is -5.68. The first kappa shape index (κ1) is 49.2. The molecule has 0 amide bonds. The number of carbonyl (C=O) groups excluding carboxylic acids is 1. The summed E-state index contributed by atoms with van der Waals surface area (Å²) < 4.78 is 50.6. The highest BCUT2D eigenvalue weighted by Crippen LogP contribution is 2.39. The molecule has 4 aromatic rings. The van der Waals surface area contributed by atoms with E-state index in [1.807, 2.05) is 0 Å². The molecule has 3 fully saturated rings. The molecule has 4 heterocycles. The first-order valence-electron chi connectivity index (χ1n) is 20.4. The minimum atomic E-state index is -2.02. The highest BCUT2D eigenvalue weighted by Gasteiger charge is 2.49. The molecule has 13 N–H and O–H groups in total. The third kappa shape index (κ3) is 10.1. The van der Waals surface area contributed by atoms with E-state index in [-0.39, 0.29) is 28.6 Å². The summed E-state index contributed by atoms with van der Waals surface area (Å²) in [6.07, 6.45) is -23.9. The number of phenols is 2. The fourth-order valence-electron chi connectivity index (χ4n) is 7.43. The van der Waals surface area contributed by atoms with Crippen LogP contribution >= 0.6 is 0 Å². The van der Waals surface area contributed by atoms with Crippen LogP contribution in [0.2, 0.25) is 0 Å². The Balaban J connectivity index is 1.26. The van der Waals surface area contributed by atoms with E-state index >= 15 is 0 Å². The Morgan fingerprint density at radius 2 is 1.18 bits per heavy atom. The van der Waals surface area contributed by atoms with Gasteiger partial charge in [0.2, 0.25) is 30.0 Å². The van der Waals surface area contributed by atoms with Crippen LogP contribution in [0.5, 0.6) is 34.5 Å². The maximum absolute atomic E-state index is 14.5. The molecule has 3 aromatic carbocycles. The van der Waals surface area contributed by atoms with Crippen LogP contribution in [0, 0.1) is 0 Å². The molecule has 0 aliphatic carbocycles. The van der Waals surface area contributed by atoms with Crippen molar-refractivity contribution in [3.8, 4) is 45.8 Å². The molecule has 6 unspecified atom stereocenters. The molecule has 24 nitrogen and oxygen atoms in total. The number of methoxy groups -OCH3 is 1. The lowest BCUT2D eigenvalue weighted by Crippen LogP contribution is -2.61. The van der Waals surface area contributed by atoms with Gasteiger partial charge in [-0.2, -0.15) is 0 Å². The van der Waals surface area contributed by atoms with Crippen molar-refractivity contribution in [2.24, 2.45) is 0 Å². The second-order valence-electron chi connectivity index (χ2n) is 15.6. The van der Waals surface area contributed by atoms with Crippen molar-refractivity contribution in [3.63, 3.8) is 0 Å². The number of fused-ring (bicyclic) bond motifs is 1. The first-order valence-corrected chi connectivity index (χ1v) is 20.4. The van der Waals surface area contributed by atoms with Crippen molar-refractivity contribution < 1.29 is 113 Å². The van der Waals surface area contributed by atoms with E-state index in [2.05, 4.69) is 0 Å². The molecular formula is C43H48O24. The van der Waals surface area contributed by atoms with Gasteiger partial charge in [0.05, 0.1) is 26.9 Å². The zero-order valence-electron chi connectivity index (χ0n) is 34.9. The van der Waals surface area contributed by atoms with E-state index in [0.29, 0.717) is 5.56 Å². The van der Waals surface area contributed by atoms with Gasteiger partial charge in [-0.1, -0.05) is 6.07 Å². The van der Waals surface area contributed by atoms with Gasteiger partial charge < -0.3 is 109 Å². The van der Waals surface area contributed by atoms with Crippen LogP contribution in [0.1, 0.15) is 5.56 Å². The topological polar surface area (TPSA) is 384 Å². The van der Waals surface area contributed by atoms with E-state index in [4.69, 9.17) is 42.3 Å². The molecule has 0 saturated carbocycles. The number of carbonyl (C=O) groups is 1. The summed E-state index contributed by atoms with van der Waals surface area (Å²) in [6.45, 7) is -2.42. The molecule has 1 aromatic heterocycles. The van der Waals surface area contributed by atoms with Crippen LogP contribution in [0.25, 0.3) is 28.4 Å². The summed E-state index contributed by atoms with van der Waals surface area (Å²) in [7, 11) is 1.31. The third-order valence-electron chi connectivity index (χ3n) is 11.2. The smallest absolute Gasteiger partial charge is 0.331 e. The molecule has 3 aliphatic heterocycles. The van der Waals surface area contributed by atoms with Crippen LogP contribution in [0.4, 0.5) is 0 Å². The molecule has 0 radical (unpaired) electrons. The van der Waals surface area contributed by atoms with Gasteiger partial charge in [-0.15, -0.1) is 0 Å². The lowest BCUT2D eigenvalue weighted by Gasteiger charge is -2.41. The Morgan fingerprint density at radius 3 is 1.75 bits per heavy atom. The van der Waals surface area contributed by atoms with Gasteiger partial charge >= 0.3 is 5.97 Å².